The standard InChI is InChI=1S/C15H19ClN2O2S/c1-10-7-18-15(21-10)11(2)17-8-13(19)9-20-14-5-3-4-12(16)6-14/h3-7,11,13,17,19H,8-9H2,1-2H3. The van der Waals surface area contributed by atoms with E-state index in [9.17, 15) is 5.11 Å². The van der Waals surface area contributed by atoms with Crippen molar-refractivity contribution in [3.05, 3.63) is 45.4 Å². The van der Waals surface area contributed by atoms with Crippen LogP contribution in [0.5, 0.6) is 5.75 Å². The Bertz CT molecular complexity index is 576. The topological polar surface area (TPSA) is 54.4 Å². The number of aliphatic hydroxyl groups is 1. The number of aromatic nitrogens is 1. The second-order valence-corrected chi connectivity index (χ2v) is 6.56. The lowest BCUT2D eigenvalue weighted by molar-refractivity contribution is 0.104. The second-order valence-electron chi connectivity index (χ2n) is 4.86. The molecule has 4 nitrogen and oxygen atoms in total. The van der Waals surface area contributed by atoms with Crippen LogP contribution in [0.15, 0.2) is 30.5 Å². The summed E-state index contributed by atoms with van der Waals surface area (Å²) in [4.78, 5) is 5.51. The number of aryl methyl sites for hydroxylation is 1. The molecule has 1 aromatic carbocycles. The van der Waals surface area contributed by atoms with Gasteiger partial charge >= 0.3 is 0 Å². The summed E-state index contributed by atoms with van der Waals surface area (Å²) in [5.74, 6) is 0.658. The van der Waals surface area contributed by atoms with Crippen molar-refractivity contribution >= 4 is 22.9 Å². The van der Waals surface area contributed by atoms with Crippen LogP contribution in [0.2, 0.25) is 5.02 Å². The molecule has 2 rings (SSSR count). The lowest BCUT2D eigenvalue weighted by atomic mass is 10.3. The van der Waals surface area contributed by atoms with E-state index in [2.05, 4.69) is 10.3 Å². The van der Waals surface area contributed by atoms with Crippen LogP contribution in [0, 0.1) is 6.92 Å². The number of nitrogens with zero attached hydrogens (tertiary/aromatic N) is 1. The van der Waals surface area contributed by atoms with Gasteiger partial charge in [-0.25, -0.2) is 4.98 Å². The van der Waals surface area contributed by atoms with Gasteiger partial charge in [0.25, 0.3) is 0 Å². The molecule has 0 saturated carbocycles. The minimum atomic E-state index is -0.590. The molecule has 6 heteroatoms. The minimum absolute atomic E-state index is 0.115. The maximum absolute atomic E-state index is 9.94. The van der Waals surface area contributed by atoms with E-state index in [-0.39, 0.29) is 12.6 Å². The van der Waals surface area contributed by atoms with Gasteiger partial charge in [-0.1, -0.05) is 17.7 Å². The zero-order chi connectivity index (χ0) is 15.2. The first kappa shape index (κ1) is 16.2. The van der Waals surface area contributed by atoms with E-state index >= 15 is 0 Å². The molecule has 2 atom stereocenters. The fourth-order valence-corrected chi connectivity index (χ4v) is 2.76. The Balaban J connectivity index is 1.73. The van der Waals surface area contributed by atoms with Crippen molar-refractivity contribution in [2.45, 2.75) is 26.0 Å². The van der Waals surface area contributed by atoms with E-state index in [4.69, 9.17) is 16.3 Å². The molecule has 2 unspecified atom stereocenters. The van der Waals surface area contributed by atoms with Crippen LogP contribution >= 0.6 is 22.9 Å². The van der Waals surface area contributed by atoms with Crippen LogP contribution < -0.4 is 10.1 Å². The Morgan fingerprint density at radius 1 is 1.48 bits per heavy atom. The highest BCUT2D eigenvalue weighted by molar-refractivity contribution is 7.11. The Labute approximate surface area is 133 Å². The van der Waals surface area contributed by atoms with Gasteiger partial charge in [-0.3, -0.25) is 0 Å². The van der Waals surface area contributed by atoms with Crippen molar-refractivity contribution in [1.82, 2.24) is 10.3 Å². The van der Waals surface area contributed by atoms with E-state index in [0.29, 0.717) is 17.3 Å². The van der Waals surface area contributed by atoms with Gasteiger partial charge in [0.15, 0.2) is 0 Å². The first-order chi connectivity index (χ1) is 10.0. The van der Waals surface area contributed by atoms with Crippen LogP contribution in [0.25, 0.3) is 0 Å². The normalized spacial score (nSPS) is 13.9. The van der Waals surface area contributed by atoms with Crippen LogP contribution in [-0.2, 0) is 0 Å². The lowest BCUT2D eigenvalue weighted by Crippen LogP contribution is -2.33. The average Bonchev–Trinajstić information content (AvgIpc) is 2.89. The highest BCUT2D eigenvalue weighted by atomic mass is 35.5. The molecule has 0 spiro atoms. The Hall–Kier alpha value is -1.14. The average molecular weight is 327 g/mol. The van der Waals surface area contributed by atoms with Crippen molar-refractivity contribution in [2.24, 2.45) is 0 Å². The summed E-state index contributed by atoms with van der Waals surface area (Å²) >= 11 is 7.53. The molecular formula is C15H19ClN2O2S. The molecule has 0 fully saturated rings. The zero-order valence-electron chi connectivity index (χ0n) is 12.0. The number of thiazole rings is 1. The number of aliphatic hydroxyl groups excluding tert-OH is 1. The maximum Gasteiger partial charge on any atom is 0.120 e. The highest BCUT2D eigenvalue weighted by Gasteiger charge is 2.12. The highest BCUT2D eigenvalue weighted by Crippen LogP contribution is 2.19. The first-order valence-electron chi connectivity index (χ1n) is 6.76. The predicted octanol–water partition coefficient (Wildman–Crippen LogP) is 3.20. The van der Waals surface area contributed by atoms with Crippen LogP contribution in [-0.4, -0.2) is 29.3 Å². The molecule has 114 valence electrons. The van der Waals surface area contributed by atoms with E-state index in [1.807, 2.05) is 32.2 Å². The second kappa shape index (κ2) is 7.75. The van der Waals surface area contributed by atoms with Gasteiger partial charge < -0.3 is 15.2 Å². The Morgan fingerprint density at radius 2 is 2.29 bits per heavy atom. The van der Waals surface area contributed by atoms with Gasteiger partial charge in [0.05, 0.1) is 6.04 Å². The van der Waals surface area contributed by atoms with Gasteiger partial charge in [-0.2, -0.15) is 0 Å². The number of nitrogens with one attached hydrogen (secondary N) is 1. The smallest absolute Gasteiger partial charge is 0.120 e. The van der Waals surface area contributed by atoms with E-state index in [1.54, 1.807) is 23.5 Å². The number of ether oxygens (including phenoxy) is 1. The summed E-state index contributed by atoms with van der Waals surface area (Å²) in [6.07, 6.45) is 1.27. The summed E-state index contributed by atoms with van der Waals surface area (Å²) in [5, 5.41) is 14.8. The lowest BCUT2D eigenvalue weighted by Gasteiger charge is -2.16. The summed E-state index contributed by atoms with van der Waals surface area (Å²) in [6, 6.07) is 7.25. The number of halogens is 1. The molecule has 2 N–H and O–H groups in total. The number of hydrogen-bond acceptors (Lipinski definition) is 5. The molecule has 21 heavy (non-hydrogen) atoms. The van der Waals surface area contributed by atoms with E-state index in [0.717, 1.165) is 5.01 Å². The summed E-state index contributed by atoms with van der Waals surface area (Å²) < 4.78 is 5.50. The number of benzene rings is 1. The van der Waals surface area contributed by atoms with Gasteiger partial charge in [0.2, 0.25) is 0 Å². The third kappa shape index (κ3) is 5.28. The fraction of sp³-hybridized carbons (Fsp3) is 0.400. The predicted molar refractivity (Wildman–Crippen MR) is 86.2 cm³/mol. The van der Waals surface area contributed by atoms with Crippen molar-refractivity contribution in [2.75, 3.05) is 13.2 Å². The number of rotatable bonds is 7. The molecule has 0 bridgehead atoms. The quantitative estimate of drug-likeness (QED) is 0.820. The summed E-state index contributed by atoms with van der Waals surface area (Å²) in [7, 11) is 0. The minimum Gasteiger partial charge on any atom is -0.491 e. The van der Waals surface area contributed by atoms with Crippen molar-refractivity contribution in [1.29, 1.82) is 0 Å². The SMILES string of the molecule is Cc1cnc(C(C)NCC(O)COc2cccc(Cl)c2)s1. The molecule has 1 heterocycles. The molecule has 0 radical (unpaired) electrons. The third-order valence-corrected chi connectivity index (χ3v) is 4.24. The molecule has 0 aliphatic rings. The van der Waals surface area contributed by atoms with Crippen LogP contribution in [0.3, 0.4) is 0 Å². The van der Waals surface area contributed by atoms with Gasteiger partial charge in [0, 0.05) is 22.6 Å². The molecular weight excluding hydrogens is 308 g/mol. The Kier molecular flexibility index (Phi) is 5.99. The van der Waals surface area contributed by atoms with Gasteiger partial charge in [-0.15, -0.1) is 11.3 Å². The van der Waals surface area contributed by atoms with Crippen LogP contribution in [0.1, 0.15) is 22.9 Å². The monoisotopic (exact) mass is 326 g/mol. The van der Waals surface area contributed by atoms with Gasteiger partial charge in [0.1, 0.15) is 23.5 Å². The molecule has 0 aliphatic carbocycles. The van der Waals surface area contributed by atoms with E-state index in [1.165, 1.54) is 4.88 Å². The van der Waals surface area contributed by atoms with E-state index < -0.39 is 6.10 Å². The fourth-order valence-electron chi connectivity index (χ4n) is 1.78. The molecule has 0 amide bonds. The molecule has 2 aromatic rings. The molecule has 0 saturated heterocycles. The number of hydrogen-bond donors (Lipinski definition) is 2. The molecule has 0 aliphatic heterocycles. The van der Waals surface area contributed by atoms with Crippen molar-refractivity contribution < 1.29 is 9.84 Å². The Morgan fingerprint density at radius 3 is 2.95 bits per heavy atom. The van der Waals surface area contributed by atoms with Crippen molar-refractivity contribution in [3.8, 4) is 5.75 Å². The summed E-state index contributed by atoms with van der Waals surface area (Å²) in [5.41, 5.74) is 0. The third-order valence-electron chi connectivity index (χ3n) is 2.91. The van der Waals surface area contributed by atoms with Gasteiger partial charge in [-0.05, 0) is 32.0 Å². The maximum atomic E-state index is 9.94. The first-order valence-corrected chi connectivity index (χ1v) is 7.96. The largest absolute Gasteiger partial charge is 0.491 e. The molecule has 1 aromatic heterocycles. The van der Waals surface area contributed by atoms with Crippen molar-refractivity contribution in [3.63, 3.8) is 0 Å². The zero-order valence-corrected chi connectivity index (χ0v) is 13.6. The van der Waals surface area contributed by atoms with Crippen LogP contribution in [0.4, 0.5) is 0 Å². The summed E-state index contributed by atoms with van der Waals surface area (Å²) in [6.45, 7) is 4.72.